The Morgan fingerprint density at radius 2 is 1.70 bits per heavy atom. The van der Waals surface area contributed by atoms with Gasteiger partial charge in [-0.2, -0.15) is 26.3 Å². The lowest BCUT2D eigenvalue weighted by molar-refractivity contribution is -0.143. The van der Waals surface area contributed by atoms with Crippen LogP contribution in [0.4, 0.5) is 31.1 Å². The first-order valence-corrected chi connectivity index (χ1v) is 13.2. The maximum atomic E-state index is 13.3. The topological polar surface area (TPSA) is 151 Å². The smallest absolute Gasteiger partial charge is 0.416 e. The number of alkyl carbamates (subject to hydrolysis) is 1. The van der Waals surface area contributed by atoms with Crippen molar-refractivity contribution in [2.24, 2.45) is 5.41 Å². The maximum Gasteiger partial charge on any atom is 0.416 e. The minimum Gasteiger partial charge on any atom is -0.436 e. The number of aliphatic hydroxyl groups is 1. The number of amides is 2. The van der Waals surface area contributed by atoms with Gasteiger partial charge in [0.2, 0.25) is 5.89 Å². The van der Waals surface area contributed by atoms with Crippen molar-refractivity contribution in [2.75, 3.05) is 6.54 Å². The lowest BCUT2D eigenvalue weighted by atomic mass is 9.89. The minimum atomic E-state index is -5.09. The Morgan fingerprint density at radius 3 is 2.21 bits per heavy atom. The zero-order valence-electron chi connectivity index (χ0n) is 23.6. The normalized spacial score (nSPS) is 16.1. The molecule has 0 unspecified atom stereocenters. The van der Waals surface area contributed by atoms with E-state index < -0.39 is 76.5 Å². The molecule has 0 spiro atoms. The standard InChI is InChI=1S/C26H32F6N6O5/c1-5-6-7-16(18(39)20(40)35-17-8-9-33-36-17)34-23(41)42-19(24(2,3)4)22-38-37-21(43-22)13-10-14(25(27,28)29)12-15(11-13)26(30,31)32/h8,10-12,16,18-19,33,36,39H,5-7,9H2,1-4H3,(H,34,41)(H,35,40)/t16-,18-,19-/m0/s1. The summed E-state index contributed by atoms with van der Waals surface area (Å²) in [6.45, 7) is 7.13. The molecule has 2 aromatic rings. The Balaban J connectivity index is 1.84. The highest BCUT2D eigenvalue weighted by Crippen LogP contribution is 2.40. The van der Waals surface area contributed by atoms with Crippen LogP contribution in [0.25, 0.3) is 11.5 Å². The fourth-order valence-corrected chi connectivity index (χ4v) is 3.98. The Morgan fingerprint density at radius 1 is 1.07 bits per heavy atom. The van der Waals surface area contributed by atoms with Crippen molar-refractivity contribution < 1.29 is 50.2 Å². The number of hydrogen-bond acceptors (Lipinski definition) is 9. The summed E-state index contributed by atoms with van der Waals surface area (Å²) in [6, 6.07) is -0.241. The van der Waals surface area contributed by atoms with Gasteiger partial charge in [-0.05, 0) is 30.7 Å². The van der Waals surface area contributed by atoms with Gasteiger partial charge in [-0.3, -0.25) is 4.79 Å². The summed E-state index contributed by atoms with van der Waals surface area (Å²) in [7, 11) is 0. The van der Waals surface area contributed by atoms with Gasteiger partial charge in [0.15, 0.2) is 12.2 Å². The minimum absolute atomic E-state index is 0.0338. The summed E-state index contributed by atoms with van der Waals surface area (Å²) in [5, 5.41) is 22.9. The van der Waals surface area contributed by atoms with Crippen molar-refractivity contribution in [3.63, 3.8) is 0 Å². The van der Waals surface area contributed by atoms with E-state index >= 15 is 0 Å². The van der Waals surface area contributed by atoms with E-state index in [1.54, 1.807) is 26.8 Å². The number of hydrogen-bond donors (Lipinski definition) is 5. The van der Waals surface area contributed by atoms with Crippen LogP contribution in [0.3, 0.4) is 0 Å². The van der Waals surface area contributed by atoms with E-state index in [-0.39, 0.29) is 12.5 Å². The summed E-state index contributed by atoms with van der Waals surface area (Å²) in [5.74, 6) is -1.54. The van der Waals surface area contributed by atoms with Crippen LogP contribution in [0.2, 0.25) is 0 Å². The third-order valence-corrected chi connectivity index (χ3v) is 6.22. The fraction of sp³-hybridized carbons (Fsp3) is 0.538. The molecule has 0 fully saturated rings. The van der Waals surface area contributed by atoms with Gasteiger partial charge >= 0.3 is 18.4 Å². The van der Waals surface area contributed by atoms with Gasteiger partial charge in [0.05, 0.1) is 17.2 Å². The highest BCUT2D eigenvalue weighted by Gasteiger charge is 2.39. The van der Waals surface area contributed by atoms with Gasteiger partial charge in [-0.15, -0.1) is 10.2 Å². The highest BCUT2D eigenvalue weighted by atomic mass is 19.4. The monoisotopic (exact) mass is 622 g/mol. The van der Waals surface area contributed by atoms with Gasteiger partial charge in [0, 0.05) is 17.5 Å². The van der Waals surface area contributed by atoms with Crippen molar-refractivity contribution in [1.82, 2.24) is 31.7 Å². The average Bonchev–Trinajstić information content (AvgIpc) is 3.60. The molecule has 17 heteroatoms. The number of ether oxygens (including phenoxy) is 1. The van der Waals surface area contributed by atoms with Crippen molar-refractivity contribution in [3.05, 3.63) is 47.1 Å². The third-order valence-electron chi connectivity index (χ3n) is 6.22. The first-order valence-electron chi connectivity index (χ1n) is 13.2. The van der Waals surface area contributed by atoms with Crippen LogP contribution in [-0.4, -0.2) is 46.0 Å². The molecule has 1 aliphatic heterocycles. The van der Waals surface area contributed by atoms with E-state index in [2.05, 4.69) is 31.7 Å². The molecule has 3 atom stereocenters. The molecule has 3 rings (SSSR count). The number of aromatic nitrogens is 2. The molecule has 0 aliphatic carbocycles. The Kier molecular flexibility index (Phi) is 10.3. The summed E-state index contributed by atoms with van der Waals surface area (Å²) < 4.78 is 90.9. The molecule has 2 heterocycles. The number of hydrazine groups is 1. The summed E-state index contributed by atoms with van der Waals surface area (Å²) in [5.41, 5.74) is 0.675. The van der Waals surface area contributed by atoms with Crippen LogP contribution >= 0.6 is 0 Å². The third kappa shape index (κ3) is 9.06. The molecular weight excluding hydrogens is 590 g/mol. The number of unbranched alkanes of at least 4 members (excludes halogenated alkanes) is 1. The van der Waals surface area contributed by atoms with Crippen LogP contribution in [-0.2, 0) is 21.9 Å². The molecule has 0 saturated carbocycles. The quantitative estimate of drug-likeness (QED) is 0.240. The van der Waals surface area contributed by atoms with Gasteiger partial charge in [-0.1, -0.05) is 40.5 Å². The number of carbonyl (C=O) groups excluding carboxylic acids is 2. The van der Waals surface area contributed by atoms with Gasteiger partial charge in [-0.25, -0.2) is 10.2 Å². The SMILES string of the molecule is CCCC[C@H](NC(=O)O[C@@H](c1nnc(-c2cc(C(F)(F)F)cc(C(F)(F)F)c2)o1)C(C)(C)C)[C@H](O)C(=O)NC1=CCNN1. The molecule has 238 valence electrons. The summed E-state index contributed by atoms with van der Waals surface area (Å²) in [4.78, 5) is 25.5. The number of halogens is 6. The maximum absolute atomic E-state index is 13.3. The zero-order valence-corrected chi connectivity index (χ0v) is 23.6. The van der Waals surface area contributed by atoms with E-state index in [9.17, 15) is 41.0 Å². The summed E-state index contributed by atoms with van der Waals surface area (Å²) >= 11 is 0. The highest BCUT2D eigenvalue weighted by molar-refractivity contribution is 5.83. The number of benzene rings is 1. The molecule has 1 aliphatic rings. The molecule has 1 aromatic heterocycles. The predicted molar refractivity (Wildman–Crippen MR) is 138 cm³/mol. The molecule has 0 radical (unpaired) electrons. The van der Waals surface area contributed by atoms with E-state index in [0.717, 1.165) is 0 Å². The Hall–Kier alpha value is -3.86. The van der Waals surface area contributed by atoms with E-state index in [1.165, 1.54) is 0 Å². The molecule has 0 saturated heterocycles. The van der Waals surface area contributed by atoms with Crippen LogP contribution < -0.4 is 21.5 Å². The number of nitrogens with zero attached hydrogens (tertiary/aromatic N) is 2. The van der Waals surface area contributed by atoms with Crippen LogP contribution in [0, 0.1) is 5.41 Å². The largest absolute Gasteiger partial charge is 0.436 e. The second-order valence-electron chi connectivity index (χ2n) is 10.8. The van der Waals surface area contributed by atoms with Crippen LogP contribution in [0.1, 0.15) is 70.1 Å². The number of carbonyl (C=O) groups is 2. The second-order valence-corrected chi connectivity index (χ2v) is 10.8. The van der Waals surface area contributed by atoms with Crippen molar-refractivity contribution in [3.8, 4) is 11.5 Å². The lowest BCUT2D eigenvalue weighted by Gasteiger charge is -2.29. The van der Waals surface area contributed by atoms with E-state index in [1.807, 2.05) is 6.92 Å². The molecule has 11 nitrogen and oxygen atoms in total. The predicted octanol–water partition coefficient (Wildman–Crippen LogP) is 4.57. The van der Waals surface area contributed by atoms with Gasteiger partial charge < -0.3 is 30.3 Å². The van der Waals surface area contributed by atoms with Crippen LogP contribution in [0.5, 0.6) is 0 Å². The molecular formula is C26H32F6N6O5. The van der Waals surface area contributed by atoms with Gasteiger partial charge in [0.1, 0.15) is 5.82 Å². The number of alkyl halides is 6. The second kappa shape index (κ2) is 13.2. The Labute approximate surface area is 242 Å². The Bertz CT molecular complexity index is 1290. The van der Waals surface area contributed by atoms with E-state index in [0.29, 0.717) is 37.3 Å². The van der Waals surface area contributed by atoms with Crippen LogP contribution in [0.15, 0.2) is 34.5 Å². The average molecular weight is 623 g/mol. The van der Waals surface area contributed by atoms with Crippen molar-refractivity contribution in [1.29, 1.82) is 0 Å². The lowest BCUT2D eigenvalue weighted by Crippen LogP contribution is -2.51. The molecule has 1 aromatic carbocycles. The first kappa shape index (κ1) is 33.6. The zero-order chi connectivity index (χ0) is 32.2. The first-order chi connectivity index (χ1) is 19.9. The summed E-state index contributed by atoms with van der Waals surface area (Å²) in [6.07, 6.45) is -11.2. The molecule has 43 heavy (non-hydrogen) atoms. The van der Waals surface area contributed by atoms with E-state index in [4.69, 9.17) is 9.15 Å². The molecule has 0 bridgehead atoms. The molecule has 5 N–H and O–H groups in total. The number of aliphatic hydroxyl groups excluding tert-OH is 1. The molecule has 2 amide bonds. The van der Waals surface area contributed by atoms with Crippen molar-refractivity contribution >= 4 is 12.0 Å². The fourth-order valence-electron chi connectivity index (χ4n) is 3.98. The van der Waals surface area contributed by atoms with Crippen molar-refractivity contribution in [2.45, 2.75) is 77.6 Å². The number of rotatable bonds is 10. The number of nitrogens with one attached hydrogen (secondary N) is 4. The van der Waals surface area contributed by atoms with Gasteiger partial charge in [0.25, 0.3) is 11.8 Å².